The number of carbonyl (C=O) groups is 3. The summed E-state index contributed by atoms with van der Waals surface area (Å²) in [5.41, 5.74) is 3.13. The van der Waals surface area contributed by atoms with Gasteiger partial charge in [0.05, 0.1) is 26.4 Å². The van der Waals surface area contributed by atoms with Crippen molar-refractivity contribution in [1.82, 2.24) is 5.48 Å². The van der Waals surface area contributed by atoms with Crippen LogP contribution in [0.1, 0.15) is 27.4 Å². The first kappa shape index (κ1) is 20.4. The third-order valence-corrected chi connectivity index (χ3v) is 3.92. The molecular weight excluding hydrogens is 374 g/mol. The smallest absolute Gasteiger partial charge is 0.338 e. The van der Waals surface area contributed by atoms with Crippen molar-refractivity contribution in [2.75, 3.05) is 14.2 Å². The van der Waals surface area contributed by atoms with Crippen molar-refractivity contribution >= 4 is 29.4 Å². The van der Waals surface area contributed by atoms with Crippen LogP contribution in [0.5, 0.6) is 0 Å². The highest BCUT2D eigenvalue weighted by atomic mass is 35.5. The van der Waals surface area contributed by atoms with E-state index in [2.05, 4.69) is 5.48 Å². The Morgan fingerprint density at radius 3 is 2.37 bits per heavy atom. The van der Waals surface area contributed by atoms with Gasteiger partial charge in [0.25, 0.3) is 5.91 Å². The second-order valence-electron chi connectivity index (χ2n) is 5.42. The van der Waals surface area contributed by atoms with Crippen LogP contribution in [-0.4, -0.2) is 32.1 Å². The van der Waals surface area contributed by atoms with Gasteiger partial charge in [-0.05, 0) is 23.3 Å². The number of hydrogen-bond donors (Lipinski definition) is 1. The predicted octanol–water partition coefficient (Wildman–Crippen LogP) is 2.63. The normalized spacial score (nSPS) is 11.4. The molecule has 0 saturated heterocycles. The molecule has 1 amide bonds. The number of carbonyl (C=O) groups excluding carboxylic acids is 3. The SMILES string of the molecule is COC(=O)c1cc(Cl)ccc1C(C(=O)NOCc1ccccc1)C(=O)OC. The minimum atomic E-state index is -1.43. The lowest BCUT2D eigenvalue weighted by Crippen LogP contribution is -2.35. The third-order valence-electron chi connectivity index (χ3n) is 3.69. The molecule has 0 radical (unpaired) electrons. The summed E-state index contributed by atoms with van der Waals surface area (Å²) >= 11 is 5.92. The average Bonchev–Trinajstić information content (AvgIpc) is 2.69. The van der Waals surface area contributed by atoms with Crippen molar-refractivity contribution in [2.45, 2.75) is 12.5 Å². The van der Waals surface area contributed by atoms with E-state index in [1.807, 2.05) is 30.3 Å². The fraction of sp³-hybridized carbons (Fsp3) is 0.211. The molecule has 2 rings (SSSR count). The van der Waals surface area contributed by atoms with Crippen LogP contribution < -0.4 is 5.48 Å². The Morgan fingerprint density at radius 1 is 1.04 bits per heavy atom. The number of nitrogens with one attached hydrogen (secondary N) is 1. The Balaban J connectivity index is 2.23. The molecule has 0 aliphatic rings. The maximum Gasteiger partial charge on any atom is 0.338 e. The number of halogens is 1. The molecule has 0 spiro atoms. The molecule has 8 heteroatoms. The van der Waals surface area contributed by atoms with Crippen molar-refractivity contribution in [3.63, 3.8) is 0 Å². The van der Waals surface area contributed by atoms with Crippen LogP contribution in [-0.2, 0) is 30.5 Å². The fourth-order valence-corrected chi connectivity index (χ4v) is 2.56. The number of amides is 1. The van der Waals surface area contributed by atoms with Gasteiger partial charge in [-0.1, -0.05) is 48.0 Å². The molecule has 0 heterocycles. The summed E-state index contributed by atoms with van der Waals surface area (Å²) < 4.78 is 9.41. The number of hydrogen-bond acceptors (Lipinski definition) is 6. The third kappa shape index (κ3) is 5.29. The molecule has 142 valence electrons. The summed E-state index contributed by atoms with van der Waals surface area (Å²) in [5.74, 6) is -3.81. The van der Waals surface area contributed by atoms with Crippen molar-refractivity contribution in [2.24, 2.45) is 0 Å². The van der Waals surface area contributed by atoms with E-state index in [-0.39, 0.29) is 22.8 Å². The zero-order valence-electron chi connectivity index (χ0n) is 14.7. The Hall–Kier alpha value is -2.90. The zero-order valence-corrected chi connectivity index (χ0v) is 15.5. The zero-order chi connectivity index (χ0) is 19.8. The first-order chi connectivity index (χ1) is 13.0. The molecule has 0 aliphatic heterocycles. The summed E-state index contributed by atoms with van der Waals surface area (Å²) in [6.45, 7) is 0.102. The van der Waals surface area contributed by atoms with Gasteiger partial charge in [-0.15, -0.1) is 0 Å². The van der Waals surface area contributed by atoms with Crippen LogP contribution in [0.2, 0.25) is 5.02 Å². The first-order valence-electron chi connectivity index (χ1n) is 7.89. The number of rotatable bonds is 7. The molecule has 1 unspecified atom stereocenters. The van der Waals surface area contributed by atoms with Gasteiger partial charge in [-0.25, -0.2) is 10.3 Å². The van der Waals surface area contributed by atoms with E-state index in [0.29, 0.717) is 0 Å². The van der Waals surface area contributed by atoms with E-state index in [0.717, 1.165) is 12.7 Å². The van der Waals surface area contributed by atoms with Gasteiger partial charge in [-0.2, -0.15) is 0 Å². The molecule has 0 aromatic heterocycles. The van der Waals surface area contributed by atoms with Crippen LogP contribution in [0.25, 0.3) is 0 Å². The second kappa shape index (κ2) is 9.70. The minimum absolute atomic E-state index is 0.0152. The van der Waals surface area contributed by atoms with E-state index < -0.39 is 23.8 Å². The quantitative estimate of drug-likeness (QED) is 0.443. The number of benzene rings is 2. The summed E-state index contributed by atoms with van der Waals surface area (Å²) in [6.07, 6.45) is 0. The summed E-state index contributed by atoms with van der Waals surface area (Å²) in [6, 6.07) is 13.3. The predicted molar refractivity (Wildman–Crippen MR) is 96.9 cm³/mol. The van der Waals surface area contributed by atoms with Gasteiger partial charge in [-0.3, -0.25) is 14.4 Å². The Kier molecular flexibility index (Phi) is 7.34. The van der Waals surface area contributed by atoms with Crippen LogP contribution in [0, 0.1) is 0 Å². The minimum Gasteiger partial charge on any atom is -0.468 e. The molecule has 27 heavy (non-hydrogen) atoms. The van der Waals surface area contributed by atoms with Crippen molar-refractivity contribution in [3.8, 4) is 0 Å². The van der Waals surface area contributed by atoms with E-state index in [1.165, 1.54) is 25.3 Å². The van der Waals surface area contributed by atoms with Crippen LogP contribution in [0.4, 0.5) is 0 Å². The summed E-state index contributed by atoms with van der Waals surface area (Å²) in [4.78, 5) is 42.0. The van der Waals surface area contributed by atoms with Crippen molar-refractivity contribution in [3.05, 3.63) is 70.2 Å². The molecule has 7 nitrogen and oxygen atoms in total. The Morgan fingerprint density at radius 2 is 1.74 bits per heavy atom. The van der Waals surface area contributed by atoms with Gasteiger partial charge >= 0.3 is 11.9 Å². The molecule has 1 atom stereocenters. The highest BCUT2D eigenvalue weighted by Gasteiger charge is 2.33. The molecule has 0 saturated carbocycles. The van der Waals surface area contributed by atoms with Gasteiger partial charge in [0.2, 0.25) is 0 Å². The highest BCUT2D eigenvalue weighted by molar-refractivity contribution is 6.31. The fourth-order valence-electron chi connectivity index (χ4n) is 2.38. The molecule has 2 aromatic rings. The molecule has 0 aliphatic carbocycles. The van der Waals surface area contributed by atoms with Gasteiger partial charge in [0.15, 0.2) is 5.92 Å². The van der Waals surface area contributed by atoms with Gasteiger partial charge < -0.3 is 9.47 Å². The number of esters is 2. The van der Waals surface area contributed by atoms with Crippen molar-refractivity contribution < 1.29 is 28.7 Å². The van der Waals surface area contributed by atoms with E-state index >= 15 is 0 Å². The Bertz CT molecular complexity index is 824. The number of methoxy groups -OCH3 is 2. The number of hydroxylamine groups is 1. The first-order valence-corrected chi connectivity index (χ1v) is 8.27. The van der Waals surface area contributed by atoms with Crippen molar-refractivity contribution in [1.29, 1.82) is 0 Å². The molecule has 2 aromatic carbocycles. The maximum absolute atomic E-state index is 12.6. The largest absolute Gasteiger partial charge is 0.468 e. The molecule has 0 fully saturated rings. The van der Waals surface area contributed by atoms with Crippen LogP contribution in [0.3, 0.4) is 0 Å². The monoisotopic (exact) mass is 391 g/mol. The highest BCUT2D eigenvalue weighted by Crippen LogP contribution is 2.26. The summed E-state index contributed by atoms with van der Waals surface area (Å²) in [5, 5.41) is 0.253. The summed E-state index contributed by atoms with van der Waals surface area (Å²) in [7, 11) is 2.32. The molecule has 1 N–H and O–H groups in total. The van der Waals surface area contributed by atoms with Crippen LogP contribution in [0.15, 0.2) is 48.5 Å². The van der Waals surface area contributed by atoms with Gasteiger partial charge in [0, 0.05) is 5.02 Å². The lowest BCUT2D eigenvalue weighted by molar-refractivity contribution is -0.150. The maximum atomic E-state index is 12.6. The Labute approximate surface area is 161 Å². The van der Waals surface area contributed by atoms with E-state index in [1.54, 1.807) is 0 Å². The van der Waals surface area contributed by atoms with E-state index in [9.17, 15) is 14.4 Å². The molecular formula is C19H18ClNO6. The number of ether oxygens (including phenoxy) is 2. The standard InChI is InChI=1S/C19H18ClNO6/c1-25-18(23)15-10-13(20)8-9-14(15)16(19(24)26-2)17(22)21-27-11-12-6-4-3-5-7-12/h3-10,16H,11H2,1-2H3,(H,21,22). The van der Waals surface area contributed by atoms with Crippen LogP contribution >= 0.6 is 11.6 Å². The second-order valence-corrected chi connectivity index (χ2v) is 5.86. The lowest BCUT2D eigenvalue weighted by Gasteiger charge is -2.17. The van der Waals surface area contributed by atoms with E-state index in [4.69, 9.17) is 25.9 Å². The van der Waals surface area contributed by atoms with Gasteiger partial charge in [0.1, 0.15) is 0 Å². The topological polar surface area (TPSA) is 90.9 Å². The average molecular weight is 392 g/mol. The lowest BCUT2D eigenvalue weighted by atomic mass is 9.93. The molecule has 0 bridgehead atoms.